The van der Waals surface area contributed by atoms with Crippen molar-refractivity contribution in [3.8, 4) is 0 Å². The molecular weight excluding hydrogens is 312 g/mol. The van der Waals surface area contributed by atoms with Crippen LogP contribution in [0.15, 0.2) is 35.2 Å². The van der Waals surface area contributed by atoms with Crippen LogP contribution in [-0.2, 0) is 19.1 Å². The number of thioether (sulfide) groups is 1. The van der Waals surface area contributed by atoms with Crippen LogP contribution < -0.4 is 0 Å². The fourth-order valence-corrected chi connectivity index (χ4v) is 4.79. The molecular formula is C18H24O4S. The van der Waals surface area contributed by atoms with E-state index in [0.29, 0.717) is 12.8 Å². The summed E-state index contributed by atoms with van der Waals surface area (Å²) in [5.74, 6) is 0.118. The molecule has 1 unspecified atom stereocenters. The monoisotopic (exact) mass is 336 g/mol. The molecule has 0 N–H and O–H groups in total. The van der Waals surface area contributed by atoms with E-state index in [1.807, 2.05) is 18.2 Å². The Morgan fingerprint density at radius 3 is 2.22 bits per heavy atom. The molecule has 126 valence electrons. The molecule has 4 nitrogen and oxygen atoms in total. The van der Waals surface area contributed by atoms with E-state index in [-0.39, 0.29) is 11.3 Å². The molecule has 1 aliphatic carbocycles. The Hall–Kier alpha value is -1.49. The van der Waals surface area contributed by atoms with Crippen molar-refractivity contribution in [2.45, 2.75) is 31.6 Å². The lowest BCUT2D eigenvalue weighted by molar-refractivity contribution is -0.169. The molecule has 1 atom stereocenters. The Bertz CT molecular complexity index is 552. The van der Waals surface area contributed by atoms with Crippen molar-refractivity contribution >= 4 is 23.7 Å². The maximum atomic E-state index is 12.3. The Labute approximate surface area is 141 Å². The molecule has 0 bridgehead atoms. The van der Waals surface area contributed by atoms with Gasteiger partial charge in [0.25, 0.3) is 0 Å². The molecule has 2 rings (SSSR count). The minimum Gasteiger partial charge on any atom is -0.468 e. The van der Waals surface area contributed by atoms with Gasteiger partial charge in [-0.2, -0.15) is 0 Å². The Morgan fingerprint density at radius 2 is 1.70 bits per heavy atom. The minimum absolute atomic E-state index is 0.135. The van der Waals surface area contributed by atoms with E-state index < -0.39 is 17.4 Å². The molecule has 0 radical (unpaired) electrons. The van der Waals surface area contributed by atoms with Gasteiger partial charge in [0.05, 0.1) is 14.2 Å². The third-order valence-corrected chi connectivity index (χ3v) is 5.98. The number of carbonyl (C=O) groups is 2. The molecule has 0 amide bonds. The van der Waals surface area contributed by atoms with Crippen molar-refractivity contribution in [3.63, 3.8) is 0 Å². The topological polar surface area (TPSA) is 52.6 Å². The van der Waals surface area contributed by atoms with Gasteiger partial charge < -0.3 is 9.47 Å². The number of carbonyl (C=O) groups excluding carboxylic acids is 2. The summed E-state index contributed by atoms with van der Waals surface area (Å²) < 4.78 is 9.84. The zero-order chi connectivity index (χ0) is 17.1. The van der Waals surface area contributed by atoms with Gasteiger partial charge in [-0.1, -0.05) is 32.0 Å². The predicted octanol–water partition coefficient (Wildman–Crippen LogP) is 3.55. The molecule has 1 aliphatic rings. The van der Waals surface area contributed by atoms with Crippen molar-refractivity contribution in [3.05, 3.63) is 30.3 Å². The van der Waals surface area contributed by atoms with E-state index in [1.54, 1.807) is 11.8 Å². The van der Waals surface area contributed by atoms with Gasteiger partial charge in [0.15, 0.2) is 5.41 Å². The van der Waals surface area contributed by atoms with Crippen molar-refractivity contribution in [2.24, 2.45) is 16.7 Å². The molecule has 0 aromatic heterocycles. The van der Waals surface area contributed by atoms with E-state index in [2.05, 4.69) is 26.0 Å². The van der Waals surface area contributed by atoms with Gasteiger partial charge in [-0.15, -0.1) is 11.8 Å². The van der Waals surface area contributed by atoms with Gasteiger partial charge in [0, 0.05) is 10.6 Å². The zero-order valence-corrected chi connectivity index (χ0v) is 14.9. The van der Waals surface area contributed by atoms with E-state index in [1.165, 1.54) is 19.1 Å². The second kappa shape index (κ2) is 6.95. The van der Waals surface area contributed by atoms with Crippen LogP contribution in [0.2, 0.25) is 0 Å². The van der Waals surface area contributed by atoms with Crippen LogP contribution in [0.25, 0.3) is 0 Å². The Balaban J connectivity index is 2.18. The van der Waals surface area contributed by atoms with E-state index >= 15 is 0 Å². The first-order chi connectivity index (χ1) is 10.9. The molecule has 0 aliphatic heterocycles. The summed E-state index contributed by atoms with van der Waals surface area (Å²) in [6, 6.07) is 10.1. The maximum absolute atomic E-state index is 12.3. The van der Waals surface area contributed by atoms with Crippen molar-refractivity contribution < 1.29 is 19.1 Å². The summed E-state index contributed by atoms with van der Waals surface area (Å²) in [4.78, 5) is 25.8. The van der Waals surface area contributed by atoms with Crippen molar-refractivity contribution in [2.75, 3.05) is 20.0 Å². The van der Waals surface area contributed by atoms with Crippen LogP contribution in [-0.4, -0.2) is 31.9 Å². The third-order valence-electron chi connectivity index (χ3n) is 4.80. The highest BCUT2D eigenvalue weighted by Gasteiger charge is 2.59. The van der Waals surface area contributed by atoms with E-state index in [4.69, 9.17) is 9.47 Å². The molecule has 1 saturated carbocycles. The first-order valence-corrected chi connectivity index (χ1v) is 8.69. The molecule has 1 aromatic carbocycles. The molecule has 0 saturated heterocycles. The Kier molecular flexibility index (Phi) is 5.40. The van der Waals surface area contributed by atoms with E-state index in [9.17, 15) is 9.59 Å². The first kappa shape index (κ1) is 17.9. The van der Waals surface area contributed by atoms with E-state index in [0.717, 1.165) is 5.75 Å². The number of hydrogen-bond acceptors (Lipinski definition) is 5. The number of methoxy groups -OCH3 is 2. The molecule has 0 heterocycles. The molecule has 23 heavy (non-hydrogen) atoms. The number of ether oxygens (including phenoxy) is 2. The average molecular weight is 336 g/mol. The second-order valence-electron chi connectivity index (χ2n) is 6.76. The van der Waals surface area contributed by atoms with Gasteiger partial charge in [-0.3, -0.25) is 9.59 Å². The number of hydrogen-bond donors (Lipinski definition) is 0. The molecule has 1 aromatic rings. The summed E-state index contributed by atoms with van der Waals surface area (Å²) in [5, 5.41) is 0. The number of esters is 2. The average Bonchev–Trinajstić information content (AvgIpc) is 2.84. The number of benzene rings is 1. The molecule has 1 fully saturated rings. The quantitative estimate of drug-likeness (QED) is 0.467. The highest BCUT2D eigenvalue weighted by Crippen LogP contribution is 2.55. The summed E-state index contributed by atoms with van der Waals surface area (Å²) in [5.41, 5.74) is -1.31. The van der Waals surface area contributed by atoms with Gasteiger partial charge in [-0.05, 0) is 36.3 Å². The van der Waals surface area contributed by atoms with Crippen LogP contribution in [0.5, 0.6) is 0 Å². The molecule has 5 heteroatoms. The smallest absolute Gasteiger partial charge is 0.323 e. The zero-order valence-electron chi connectivity index (χ0n) is 14.1. The lowest BCUT2D eigenvalue weighted by atomic mass is 9.80. The second-order valence-corrected chi connectivity index (χ2v) is 7.85. The first-order valence-electron chi connectivity index (χ1n) is 7.70. The normalized spacial score (nSPS) is 21.7. The lowest BCUT2D eigenvalue weighted by Crippen LogP contribution is -2.39. The van der Waals surface area contributed by atoms with Crippen LogP contribution in [0.1, 0.15) is 26.7 Å². The SMILES string of the molecule is COC(=O)C1(C(=O)OC)CC(CSc2ccccc2)C(C)(C)C1. The summed E-state index contributed by atoms with van der Waals surface area (Å²) in [6.45, 7) is 4.22. The van der Waals surface area contributed by atoms with Gasteiger partial charge >= 0.3 is 11.9 Å². The maximum Gasteiger partial charge on any atom is 0.323 e. The highest BCUT2D eigenvalue weighted by atomic mass is 32.2. The van der Waals surface area contributed by atoms with Gasteiger partial charge in [0.2, 0.25) is 0 Å². The fourth-order valence-electron chi connectivity index (χ4n) is 3.47. The van der Waals surface area contributed by atoms with Crippen molar-refractivity contribution in [1.82, 2.24) is 0 Å². The largest absolute Gasteiger partial charge is 0.468 e. The van der Waals surface area contributed by atoms with Crippen LogP contribution in [0, 0.1) is 16.7 Å². The van der Waals surface area contributed by atoms with Crippen LogP contribution in [0.3, 0.4) is 0 Å². The summed E-state index contributed by atoms with van der Waals surface area (Å²) in [6.07, 6.45) is 0.929. The van der Waals surface area contributed by atoms with Crippen molar-refractivity contribution in [1.29, 1.82) is 0 Å². The minimum atomic E-state index is -1.17. The Morgan fingerprint density at radius 1 is 1.13 bits per heavy atom. The lowest BCUT2D eigenvalue weighted by Gasteiger charge is -2.27. The highest BCUT2D eigenvalue weighted by molar-refractivity contribution is 7.99. The summed E-state index contributed by atoms with van der Waals surface area (Å²) >= 11 is 1.76. The standard InChI is InChI=1S/C18H24O4S/c1-17(2)12-18(15(19)21-3,16(20)22-4)10-13(17)11-23-14-8-6-5-7-9-14/h5-9,13H,10-12H2,1-4H3. The fraction of sp³-hybridized carbons (Fsp3) is 0.556. The van der Waals surface area contributed by atoms with Crippen LogP contribution >= 0.6 is 11.8 Å². The van der Waals surface area contributed by atoms with Crippen LogP contribution in [0.4, 0.5) is 0 Å². The third kappa shape index (κ3) is 3.55. The summed E-state index contributed by atoms with van der Waals surface area (Å²) in [7, 11) is 2.65. The van der Waals surface area contributed by atoms with Gasteiger partial charge in [0.1, 0.15) is 0 Å². The van der Waals surface area contributed by atoms with Gasteiger partial charge in [-0.25, -0.2) is 0 Å². The predicted molar refractivity (Wildman–Crippen MR) is 90.1 cm³/mol. The number of rotatable bonds is 5. The molecule has 0 spiro atoms.